The Kier molecular flexibility index (Phi) is 3.51. The fourth-order valence-corrected chi connectivity index (χ4v) is 3.79. The van der Waals surface area contributed by atoms with Crippen LogP contribution in [0.5, 0.6) is 0 Å². The van der Waals surface area contributed by atoms with Crippen LogP contribution in [0.25, 0.3) is 6.08 Å². The highest BCUT2D eigenvalue weighted by Gasteiger charge is 2.42. The van der Waals surface area contributed by atoms with Crippen molar-refractivity contribution in [3.05, 3.63) is 42.0 Å². The zero-order valence-electron chi connectivity index (χ0n) is 11.1. The van der Waals surface area contributed by atoms with E-state index in [1.165, 1.54) is 50.6 Å². The van der Waals surface area contributed by atoms with Gasteiger partial charge in [0.1, 0.15) is 0 Å². The van der Waals surface area contributed by atoms with E-state index < -0.39 is 0 Å². The molecule has 2 fully saturated rings. The van der Waals surface area contributed by atoms with Crippen LogP contribution in [0, 0.1) is 5.92 Å². The molecule has 1 aliphatic carbocycles. The molecule has 1 N–H and O–H groups in total. The summed E-state index contributed by atoms with van der Waals surface area (Å²) in [4.78, 5) is 0. The van der Waals surface area contributed by atoms with Gasteiger partial charge >= 0.3 is 0 Å². The van der Waals surface area contributed by atoms with Crippen molar-refractivity contribution in [1.29, 1.82) is 0 Å². The van der Waals surface area contributed by atoms with Gasteiger partial charge in [0.25, 0.3) is 0 Å². The minimum absolute atomic E-state index is 0.434. The van der Waals surface area contributed by atoms with Crippen LogP contribution in [0.4, 0.5) is 0 Å². The fraction of sp³-hybridized carbons (Fsp3) is 0.529. The SMILES string of the molecule is C(=C\c1ccccc1)/C[C@]12CCC[C@H]1CCCN2. The van der Waals surface area contributed by atoms with Gasteiger partial charge in [-0.3, -0.25) is 0 Å². The first kappa shape index (κ1) is 12.0. The largest absolute Gasteiger partial charge is 0.311 e. The molecule has 0 unspecified atom stereocenters. The Hall–Kier alpha value is -1.08. The highest BCUT2D eigenvalue weighted by molar-refractivity contribution is 5.48. The number of benzene rings is 1. The second-order valence-corrected chi connectivity index (χ2v) is 5.83. The fourth-order valence-electron chi connectivity index (χ4n) is 3.79. The van der Waals surface area contributed by atoms with Crippen LogP contribution in [-0.4, -0.2) is 12.1 Å². The minimum atomic E-state index is 0.434. The van der Waals surface area contributed by atoms with Crippen molar-refractivity contribution >= 4 is 6.08 Å². The van der Waals surface area contributed by atoms with Gasteiger partial charge in [-0.05, 0) is 50.1 Å². The Balaban J connectivity index is 1.66. The maximum Gasteiger partial charge on any atom is 0.0244 e. The van der Waals surface area contributed by atoms with Crippen LogP contribution in [0.3, 0.4) is 0 Å². The van der Waals surface area contributed by atoms with Crippen molar-refractivity contribution in [2.24, 2.45) is 5.92 Å². The molecule has 2 atom stereocenters. The van der Waals surface area contributed by atoms with E-state index in [0.29, 0.717) is 5.54 Å². The molecular formula is C17H23N. The maximum absolute atomic E-state index is 3.83. The molecule has 1 saturated carbocycles. The molecule has 1 heterocycles. The molecule has 18 heavy (non-hydrogen) atoms. The first-order valence-corrected chi connectivity index (χ1v) is 7.36. The smallest absolute Gasteiger partial charge is 0.0244 e. The third-order valence-corrected chi connectivity index (χ3v) is 4.76. The number of hydrogen-bond acceptors (Lipinski definition) is 1. The summed E-state index contributed by atoms with van der Waals surface area (Å²) in [5.74, 6) is 0.923. The second kappa shape index (κ2) is 5.27. The number of fused-ring (bicyclic) bond motifs is 1. The van der Waals surface area contributed by atoms with E-state index in [4.69, 9.17) is 0 Å². The lowest BCUT2D eigenvalue weighted by atomic mass is 9.78. The first-order chi connectivity index (χ1) is 8.89. The molecule has 0 aromatic heterocycles. The van der Waals surface area contributed by atoms with Gasteiger partial charge in [-0.2, -0.15) is 0 Å². The summed E-state index contributed by atoms with van der Waals surface area (Å²) in [6.45, 7) is 1.22. The lowest BCUT2D eigenvalue weighted by Gasteiger charge is -2.40. The zero-order chi connectivity index (χ0) is 12.3. The quantitative estimate of drug-likeness (QED) is 0.843. The summed E-state index contributed by atoms with van der Waals surface area (Å²) < 4.78 is 0. The Morgan fingerprint density at radius 1 is 1.17 bits per heavy atom. The van der Waals surface area contributed by atoms with Gasteiger partial charge in [0.05, 0.1) is 0 Å². The third kappa shape index (κ3) is 2.37. The van der Waals surface area contributed by atoms with Crippen LogP contribution in [0.1, 0.15) is 44.1 Å². The van der Waals surface area contributed by atoms with E-state index in [2.05, 4.69) is 47.8 Å². The van der Waals surface area contributed by atoms with Crippen molar-refractivity contribution in [2.45, 2.75) is 44.1 Å². The molecule has 2 aliphatic rings. The van der Waals surface area contributed by atoms with Gasteiger partial charge in [0, 0.05) is 5.54 Å². The number of nitrogens with one attached hydrogen (secondary N) is 1. The number of hydrogen-bond donors (Lipinski definition) is 1. The Bertz CT molecular complexity index is 409. The monoisotopic (exact) mass is 241 g/mol. The highest BCUT2D eigenvalue weighted by atomic mass is 15.0. The lowest BCUT2D eigenvalue weighted by molar-refractivity contribution is 0.193. The van der Waals surface area contributed by atoms with Crippen molar-refractivity contribution in [3.8, 4) is 0 Å². The minimum Gasteiger partial charge on any atom is -0.311 e. The van der Waals surface area contributed by atoms with E-state index in [-0.39, 0.29) is 0 Å². The highest BCUT2D eigenvalue weighted by Crippen LogP contribution is 2.43. The van der Waals surface area contributed by atoms with E-state index >= 15 is 0 Å². The molecule has 3 rings (SSSR count). The molecule has 0 spiro atoms. The number of rotatable bonds is 3. The summed E-state index contributed by atoms with van der Waals surface area (Å²) >= 11 is 0. The van der Waals surface area contributed by atoms with Crippen molar-refractivity contribution < 1.29 is 0 Å². The van der Waals surface area contributed by atoms with Crippen LogP contribution in [0.15, 0.2) is 36.4 Å². The van der Waals surface area contributed by atoms with Crippen molar-refractivity contribution in [2.75, 3.05) is 6.54 Å². The average Bonchev–Trinajstić information content (AvgIpc) is 2.84. The maximum atomic E-state index is 3.83. The van der Waals surface area contributed by atoms with Crippen LogP contribution in [-0.2, 0) is 0 Å². The van der Waals surface area contributed by atoms with E-state index in [9.17, 15) is 0 Å². The van der Waals surface area contributed by atoms with Gasteiger partial charge in [-0.1, -0.05) is 48.9 Å². The molecule has 0 radical (unpaired) electrons. The summed E-state index contributed by atoms with van der Waals surface area (Å²) in [5, 5.41) is 3.83. The van der Waals surface area contributed by atoms with Crippen molar-refractivity contribution in [3.63, 3.8) is 0 Å². The van der Waals surface area contributed by atoms with Gasteiger partial charge in [0.2, 0.25) is 0 Å². The standard InChI is InChI=1S/C17H23N/c1-2-7-15(8-3-1)9-4-12-17-13-5-10-16(17)11-6-14-18-17/h1-4,7-9,16,18H,5-6,10-14H2/b9-4+/t16-,17-/m0/s1. The molecule has 0 bridgehead atoms. The average molecular weight is 241 g/mol. The molecule has 0 amide bonds. The lowest BCUT2D eigenvalue weighted by Crippen LogP contribution is -2.51. The van der Waals surface area contributed by atoms with Crippen molar-refractivity contribution in [1.82, 2.24) is 5.32 Å². The predicted octanol–water partition coefficient (Wildman–Crippen LogP) is 4.01. The normalized spacial score (nSPS) is 31.7. The zero-order valence-corrected chi connectivity index (χ0v) is 11.1. The van der Waals surface area contributed by atoms with E-state index in [1.54, 1.807) is 0 Å². The third-order valence-electron chi connectivity index (χ3n) is 4.76. The van der Waals surface area contributed by atoms with E-state index in [1.807, 2.05) is 0 Å². The van der Waals surface area contributed by atoms with Gasteiger partial charge < -0.3 is 5.32 Å². The molecule has 1 aliphatic heterocycles. The summed E-state index contributed by atoms with van der Waals surface area (Å²) in [7, 11) is 0. The predicted molar refractivity (Wildman–Crippen MR) is 77.4 cm³/mol. The van der Waals surface area contributed by atoms with Crippen LogP contribution < -0.4 is 5.32 Å². The molecule has 96 valence electrons. The van der Waals surface area contributed by atoms with Crippen LogP contribution >= 0.6 is 0 Å². The molecule has 1 aromatic rings. The molecule has 1 aromatic carbocycles. The second-order valence-electron chi connectivity index (χ2n) is 5.83. The first-order valence-electron chi connectivity index (χ1n) is 7.36. The van der Waals surface area contributed by atoms with Crippen LogP contribution in [0.2, 0.25) is 0 Å². The molecule has 1 nitrogen and oxygen atoms in total. The topological polar surface area (TPSA) is 12.0 Å². The summed E-state index contributed by atoms with van der Waals surface area (Å²) in [6.07, 6.45) is 12.9. The van der Waals surface area contributed by atoms with Gasteiger partial charge in [0.15, 0.2) is 0 Å². The molecule has 1 saturated heterocycles. The number of piperidine rings is 1. The van der Waals surface area contributed by atoms with E-state index in [0.717, 1.165) is 5.92 Å². The summed E-state index contributed by atoms with van der Waals surface area (Å²) in [5.41, 5.74) is 1.75. The van der Waals surface area contributed by atoms with Gasteiger partial charge in [-0.25, -0.2) is 0 Å². The molecular weight excluding hydrogens is 218 g/mol. The summed E-state index contributed by atoms with van der Waals surface area (Å²) in [6, 6.07) is 10.6. The Morgan fingerprint density at radius 3 is 2.89 bits per heavy atom. The Morgan fingerprint density at radius 2 is 2.00 bits per heavy atom. The molecule has 1 heteroatoms. The Labute approximate surface area is 110 Å². The van der Waals surface area contributed by atoms with Gasteiger partial charge in [-0.15, -0.1) is 0 Å².